The molecule has 0 radical (unpaired) electrons. The van der Waals surface area contributed by atoms with E-state index in [0.717, 1.165) is 0 Å². The largest absolute Gasteiger partial charge is 0.495 e. The predicted molar refractivity (Wildman–Crippen MR) is 110 cm³/mol. The highest BCUT2D eigenvalue weighted by atomic mass is 35.5. The third-order valence-corrected chi connectivity index (χ3v) is 5.07. The number of esters is 1. The Hall–Kier alpha value is -2.48. The summed E-state index contributed by atoms with van der Waals surface area (Å²) in [5, 5.41) is 5.72. The first kappa shape index (κ1) is 22.8. The van der Waals surface area contributed by atoms with E-state index in [4.69, 9.17) is 21.1 Å². The molecule has 29 heavy (non-hydrogen) atoms. The summed E-state index contributed by atoms with van der Waals surface area (Å²) in [4.78, 5) is 38.8. The summed E-state index contributed by atoms with van der Waals surface area (Å²) in [6.07, 6.45) is 1.11. The molecule has 3 amide bonds. The van der Waals surface area contributed by atoms with E-state index in [1.165, 1.54) is 7.11 Å². The van der Waals surface area contributed by atoms with Crippen LogP contribution in [0.25, 0.3) is 0 Å². The van der Waals surface area contributed by atoms with Gasteiger partial charge in [-0.25, -0.2) is 4.79 Å². The van der Waals surface area contributed by atoms with Gasteiger partial charge in [0.15, 0.2) is 0 Å². The molecule has 160 valence electrons. The van der Waals surface area contributed by atoms with E-state index in [1.54, 1.807) is 43.9 Å². The van der Waals surface area contributed by atoms with Crippen molar-refractivity contribution in [2.75, 3.05) is 32.1 Å². The number of halogens is 1. The number of carbonyl (C=O) groups is 3. The van der Waals surface area contributed by atoms with Crippen molar-refractivity contribution in [2.24, 2.45) is 5.92 Å². The topological polar surface area (TPSA) is 97.0 Å². The van der Waals surface area contributed by atoms with Crippen LogP contribution in [0.5, 0.6) is 5.75 Å². The summed E-state index contributed by atoms with van der Waals surface area (Å²) in [5.41, 5.74) is -0.635. The predicted octanol–water partition coefficient (Wildman–Crippen LogP) is 3.05. The van der Waals surface area contributed by atoms with Gasteiger partial charge < -0.3 is 25.0 Å². The van der Waals surface area contributed by atoms with Crippen LogP contribution in [0, 0.1) is 5.92 Å². The van der Waals surface area contributed by atoms with E-state index in [9.17, 15) is 14.4 Å². The highest BCUT2D eigenvalue weighted by molar-refractivity contribution is 6.32. The molecular formula is C20H28ClN3O5. The maximum Gasteiger partial charge on any atom is 0.320 e. The smallest absolute Gasteiger partial charge is 0.320 e. The molecule has 0 atom stereocenters. The Balaban J connectivity index is 1.91. The monoisotopic (exact) mass is 425 g/mol. The third-order valence-electron chi connectivity index (χ3n) is 4.77. The fraction of sp³-hybridized carbons (Fsp3) is 0.550. The van der Waals surface area contributed by atoms with Gasteiger partial charge in [0.1, 0.15) is 11.3 Å². The van der Waals surface area contributed by atoms with E-state index >= 15 is 0 Å². The summed E-state index contributed by atoms with van der Waals surface area (Å²) in [5.74, 6) is -0.102. The zero-order valence-electron chi connectivity index (χ0n) is 17.2. The van der Waals surface area contributed by atoms with E-state index in [-0.39, 0.29) is 17.8 Å². The Morgan fingerprint density at radius 2 is 1.90 bits per heavy atom. The standard InChI is InChI=1S/C20H28ClN3O5/c1-5-29-17(25)13-8-10-24(11-9-13)18(26)20(2,3)23-19(27)22-14-6-7-16(28-4)15(21)12-14/h6-7,12-13H,5,8-11H2,1-4H3,(H2,22,23,27). The zero-order chi connectivity index (χ0) is 21.6. The quantitative estimate of drug-likeness (QED) is 0.683. The second-order valence-electron chi connectivity index (χ2n) is 7.37. The molecule has 2 rings (SSSR count). The van der Waals surface area contributed by atoms with Gasteiger partial charge in [-0.15, -0.1) is 0 Å². The maximum atomic E-state index is 12.9. The lowest BCUT2D eigenvalue weighted by atomic mass is 9.94. The summed E-state index contributed by atoms with van der Waals surface area (Å²) >= 11 is 6.06. The van der Waals surface area contributed by atoms with Crippen molar-refractivity contribution in [3.8, 4) is 5.75 Å². The van der Waals surface area contributed by atoms with Gasteiger partial charge in [0.2, 0.25) is 5.91 Å². The van der Waals surface area contributed by atoms with Gasteiger partial charge in [0.25, 0.3) is 0 Å². The van der Waals surface area contributed by atoms with Gasteiger partial charge >= 0.3 is 12.0 Å². The van der Waals surface area contributed by atoms with Crippen LogP contribution in [0.3, 0.4) is 0 Å². The molecule has 1 saturated heterocycles. The molecule has 9 heteroatoms. The SMILES string of the molecule is CCOC(=O)C1CCN(C(=O)C(C)(C)NC(=O)Nc2ccc(OC)c(Cl)c2)CC1. The minimum Gasteiger partial charge on any atom is -0.495 e. The van der Waals surface area contributed by atoms with E-state index < -0.39 is 11.6 Å². The van der Waals surface area contributed by atoms with Crippen LogP contribution >= 0.6 is 11.6 Å². The van der Waals surface area contributed by atoms with Crippen molar-refractivity contribution in [3.05, 3.63) is 23.2 Å². The molecule has 1 aromatic carbocycles. The number of hydrogen-bond donors (Lipinski definition) is 2. The fourth-order valence-electron chi connectivity index (χ4n) is 3.22. The van der Waals surface area contributed by atoms with Crippen LogP contribution in [0.2, 0.25) is 5.02 Å². The fourth-order valence-corrected chi connectivity index (χ4v) is 3.48. The third kappa shape index (κ3) is 6.00. The number of rotatable bonds is 6. The first-order valence-corrected chi connectivity index (χ1v) is 9.94. The molecular weight excluding hydrogens is 398 g/mol. The van der Waals surface area contributed by atoms with Crippen LogP contribution in [-0.2, 0) is 14.3 Å². The van der Waals surface area contributed by atoms with Crippen molar-refractivity contribution in [1.29, 1.82) is 0 Å². The number of ether oxygens (including phenoxy) is 2. The summed E-state index contributed by atoms with van der Waals surface area (Å²) in [6, 6.07) is 4.34. The Morgan fingerprint density at radius 3 is 2.45 bits per heavy atom. The summed E-state index contributed by atoms with van der Waals surface area (Å²) in [6.45, 7) is 6.31. The second kappa shape index (κ2) is 9.82. The number of amides is 3. The van der Waals surface area contributed by atoms with Crippen LogP contribution in [0.1, 0.15) is 33.6 Å². The molecule has 1 aliphatic heterocycles. The lowest BCUT2D eigenvalue weighted by Gasteiger charge is -2.36. The van der Waals surface area contributed by atoms with Crippen molar-refractivity contribution in [2.45, 2.75) is 39.2 Å². The number of likely N-dealkylation sites (tertiary alicyclic amines) is 1. The minimum atomic E-state index is -1.11. The number of piperidine rings is 1. The van der Waals surface area contributed by atoms with Crippen molar-refractivity contribution >= 4 is 35.2 Å². The molecule has 1 aliphatic rings. The van der Waals surface area contributed by atoms with E-state index in [0.29, 0.717) is 49.0 Å². The van der Waals surface area contributed by atoms with E-state index in [2.05, 4.69) is 10.6 Å². The highest BCUT2D eigenvalue weighted by Gasteiger charge is 2.36. The molecule has 0 saturated carbocycles. The average Bonchev–Trinajstić information content (AvgIpc) is 2.67. The number of methoxy groups -OCH3 is 1. The molecule has 1 fully saturated rings. The summed E-state index contributed by atoms with van der Waals surface area (Å²) < 4.78 is 10.1. The Labute approximate surface area is 175 Å². The Kier molecular flexibility index (Phi) is 7.73. The van der Waals surface area contributed by atoms with Gasteiger partial charge in [0.05, 0.1) is 24.7 Å². The van der Waals surface area contributed by atoms with Crippen molar-refractivity contribution < 1.29 is 23.9 Å². The average molecular weight is 426 g/mol. The molecule has 0 spiro atoms. The molecule has 1 aromatic rings. The number of nitrogens with zero attached hydrogens (tertiary/aromatic N) is 1. The van der Waals surface area contributed by atoms with Crippen molar-refractivity contribution in [1.82, 2.24) is 10.2 Å². The van der Waals surface area contributed by atoms with Gasteiger partial charge in [-0.3, -0.25) is 9.59 Å². The number of hydrogen-bond acceptors (Lipinski definition) is 5. The van der Waals surface area contributed by atoms with Crippen LogP contribution in [0.4, 0.5) is 10.5 Å². The molecule has 0 aromatic heterocycles. The number of nitrogens with one attached hydrogen (secondary N) is 2. The van der Waals surface area contributed by atoms with Gasteiger partial charge in [-0.1, -0.05) is 11.6 Å². The first-order chi connectivity index (χ1) is 13.7. The highest BCUT2D eigenvalue weighted by Crippen LogP contribution is 2.27. The summed E-state index contributed by atoms with van der Waals surface area (Å²) in [7, 11) is 1.50. The van der Waals surface area contributed by atoms with E-state index in [1.807, 2.05) is 0 Å². The number of benzene rings is 1. The second-order valence-corrected chi connectivity index (χ2v) is 7.78. The lowest BCUT2D eigenvalue weighted by molar-refractivity contribution is -0.152. The normalized spacial score (nSPS) is 14.9. The molecule has 2 N–H and O–H groups in total. The molecule has 0 unspecified atom stereocenters. The zero-order valence-corrected chi connectivity index (χ0v) is 18.0. The number of urea groups is 1. The van der Waals surface area contributed by atoms with Gasteiger partial charge in [-0.2, -0.15) is 0 Å². The minimum absolute atomic E-state index is 0.182. The molecule has 0 bridgehead atoms. The van der Waals surface area contributed by atoms with Crippen molar-refractivity contribution in [3.63, 3.8) is 0 Å². The van der Waals surface area contributed by atoms with Gasteiger partial charge in [0, 0.05) is 18.8 Å². The Morgan fingerprint density at radius 1 is 1.24 bits per heavy atom. The molecule has 1 heterocycles. The molecule has 0 aliphatic carbocycles. The maximum absolute atomic E-state index is 12.9. The molecule has 8 nitrogen and oxygen atoms in total. The Bertz CT molecular complexity index is 760. The van der Waals surface area contributed by atoms with Crippen LogP contribution in [-0.4, -0.2) is 55.2 Å². The number of anilines is 1. The van der Waals surface area contributed by atoms with Crippen LogP contribution < -0.4 is 15.4 Å². The van der Waals surface area contributed by atoms with Gasteiger partial charge in [-0.05, 0) is 51.8 Å². The number of carbonyl (C=O) groups excluding carboxylic acids is 3. The van der Waals surface area contributed by atoms with Crippen LogP contribution in [0.15, 0.2) is 18.2 Å². The lowest BCUT2D eigenvalue weighted by Crippen LogP contribution is -2.58. The first-order valence-electron chi connectivity index (χ1n) is 9.56.